The first kappa shape index (κ1) is 20.4. The third kappa shape index (κ3) is 5.28. The van der Waals surface area contributed by atoms with Crippen LogP contribution in [0.15, 0.2) is 48.2 Å². The van der Waals surface area contributed by atoms with Gasteiger partial charge < -0.3 is 9.47 Å². The van der Waals surface area contributed by atoms with Crippen molar-refractivity contribution in [2.45, 2.75) is 36.7 Å². The van der Waals surface area contributed by atoms with Gasteiger partial charge in [-0.2, -0.15) is 0 Å². The molecule has 1 saturated heterocycles. The Morgan fingerprint density at radius 3 is 2.65 bits per heavy atom. The molecule has 1 fully saturated rings. The fourth-order valence-electron chi connectivity index (χ4n) is 2.74. The monoisotopic (exact) mass is 397 g/mol. The second kappa shape index (κ2) is 9.67. The van der Waals surface area contributed by atoms with E-state index in [4.69, 9.17) is 32.7 Å². The molecular formula is C19H21Cl2NO4. The lowest BCUT2D eigenvalue weighted by Gasteiger charge is -2.34. The van der Waals surface area contributed by atoms with Gasteiger partial charge in [0.1, 0.15) is 6.61 Å². The summed E-state index contributed by atoms with van der Waals surface area (Å²) in [4.78, 5) is 26.2. The number of likely N-dealkylation sites (tertiary alicyclic amines) is 1. The van der Waals surface area contributed by atoms with E-state index in [1.165, 1.54) is 11.8 Å². The molecule has 1 aliphatic rings. The molecule has 1 aromatic rings. The van der Waals surface area contributed by atoms with Crippen molar-refractivity contribution >= 4 is 35.3 Å². The first-order valence-electron chi connectivity index (χ1n) is 8.29. The first-order valence-corrected chi connectivity index (χ1v) is 9.17. The number of hydrogen-bond donors (Lipinski definition) is 0. The Labute approximate surface area is 163 Å². The van der Waals surface area contributed by atoms with Gasteiger partial charge in [0.25, 0.3) is 0 Å². The zero-order valence-corrected chi connectivity index (χ0v) is 16.0. The summed E-state index contributed by atoms with van der Waals surface area (Å²) in [5, 5.41) is -0.483. The predicted molar refractivity (Wildman–Crippen MR) is 100 cm³/mol. The van der Waals surface area contributed by atoms with E-state index in [-0.39, 0.29) is 6.61 Å². The van der Waals surface area contributed by atoms with Crippen LogP contribution < -0.4 is 0 Å². The third-order valence-electron chi connectivity index (χ3n) is 3.97. The number of rotatable bonds is 5. The number of nitrogens with zero attached hydrogens (tertiary/aromatic N) is 1. The number of carbonyl (C=O) groups excluding carboxylic acids is 2. The molecule has 5 nitrogen and oxygen atoms in total. The molecule has 1 aromatic carbocycles. The number of ether oxygens (including phenoxy) is 2. The highest BCUT2D eigenvalue weighted by Crippen LogP contribution is 2.26. The van der Waals surface area contributed by atoms with Crippen molar-refractivity contribution in [2.24, 2.45) is 0 Å². The van der Waals surface area contributed by atoms with Crippen molar-refractivity contribution in [3.63, 3.8) is 0 Å². The summed E-state index contributed by atoms with van der Waals surface area (Å²) in [5.41, 5.74) is 3.37. The molecule has 2 rings (SSSR count). The van der Waals surface area contributed by atoms with E-state index in [2.05, 4.69) is 12.3 Å². The molecule has 0 bridgehead atoms. The molecule has 7 heteroatoms. The summed E-state index contributed by atoms with van der Waals surface area (Å²) in [6.07, 6.45) is 0.606. The van der Waals surface area contributed by atoms with E-state index in [9.17, 15) is 9.59 Å². The number of carbonyl (C=O) groups is 2. The highest BCUT2D eigenvalue weighted by molar-refractivity contribution is 6.21. The molecule has 0 aliphatic carbocycles. The van der Waals surface area contributed by atoms with Gasteiger partial charge in [-0.1, -0.05) is 48.5 Å². The average Bonchev–Trinajstić information content (AvgIpc) is 2.65. The van der Waals surface area contributed by atoms with Gasteiger partial charge in [0.2, 0.25) is 0 Å². The van der Waals surface area contributed by atoms with Gasteiger partial charge in [0.05, 0.1) is 5.38 Å². The molecule has 140 valence electrons. The molecule has 1 amide bonds. The fourth-order valence-corrected chi connectivity index (χ4v) is 3.03. The maximum Gasteiger partial charge on any atom is 0.412 e. The van der Waals surface area contributed by atoms with Crippen molar-refractivity contribution in [1.29, 1.82) is 0 Å². The molecule has 0 saturated carbocycles. The van der Waals surface area contributed by atoms with E-state index in [1.54, 1.807) is 0 Å². The average molecular weight is 398 g/mol. The SMILES string of the molecule is C=C=C1CCCN(C(=O)OC(C)Cl)[C@H]1C(=O)OCC(Cl)c1ccccc1. The first-order chi connectivity index (χ1) is 12.4. The fraction of sp³-hybridized carbons (Fsp3) is 0.421. The van der Waals surface area contributed by atoms with Crippen LogP contribution in [0.25, 0.3) is 0 Å². The van der Waals surface area contributed by atoms with Gasteiger partial charge in [-0.3, -0.25) is 4.90 Å². The molecule has 0 aromatic heterocycles. The molecule has 0 N–H and O–H groups in total. The van der Waals surface area contributed by atoms with E-state index < -0.39 is 29.0 Å². The van der Waals surface area contributed by atoms with Crippen LogP contribution in [0, 0.1) is 0 Å². The summed E-state index contributed by atoms with van der Waals surface area (Å²) < 4.78 is 10.4. The number of amides is 1. The van der Waals surface area contributed by atoms with Gasteiger partial charge in [0.15, 0.2) is 11.6 Å². The summed E-state index contributed by atoms with van der Waals surface area (Å²) in [6.45, 7) is 5.48. The molecule has 1 aliphatic heterocycles. The summed E-state index contributed by atoms with van der Waals surface area (Å²) in [7, 11) is 0. The predicted octanol–water partition coefficient (Wildman–Crippen LogP) is 4.41. The highest BCUT2D eigenvalue weighted by atomic mass is 35.5. The molecule has 26 heavy (non-hydrogen) atoms. The van der Waals surface area contributed by atoms with Crippen LogP contribution in [-0.4, -0.2) is 41.7 Å². The Morgan fingerprint density at radius 2 is 2.04 bits per heavy atom. The smallest absolute Gasteiger partial charge is 0.412 e. The van der Waals surface area contributed by atoms with Gasteiger partial charge in [-0.25, -0.2) is 9.59 Å². The number of halogens is 2. The second-order valence-corrected chi connectivity index (χ2v) is 6.98. The molecule has 0 spiro atoms. The van der Waals surface area contributed by atoms with E-state index in [0.717, 1.165) is 5.56 Å². The topological polar surface area (TPSA) is 55.8 Å². The Bertz CT molecular complexity index is 686. The summed E-state index contributed by atoms with van der Waals surface area (Å²) >= 11 is 12.0. The zero-order chi connectivity index (χ0) is 19.1. The molecule has 0 radical (unpaired) electrons. The standard InChI is InChI=1S/C19H21Cl2NO4/c1-3-14-10-7-11-22(19(24)26-13(2)20)17(14)18(23)25-12-16(21)15-8-5-4-6-9-15/h4-6,8-9,13,16-17H,1,7,10-12H2,2H3/t13?,16?,17-/m1/s1. The minimum absolute atomic E-state index is 0.0138. The second-order valence-electron chi connectivity index (χ2n) is 5.84. The number of piperidine rings is 1. The maximum absolute atomic E-state index is 12.7. The lowest BCUT2D eigenvalue weighted by Crippen LogP contribution is -2.50. The minimum Gasteiger partial charge on any atom is -0.462 e. The Hall–Kier alpha value is -1.94. The minimum atomic E-state index is -0.927. The van der Waals surface area contributed by atoms with Crippen LogP contribution >= 0.6 is 23.2 Å². The largest absolute Gasteiger partial charge is 0.462 e. The van der Waals surface area contributed by atoms with Crippen molar-refractivity contribution in [3.8, 4) is 0 Å². The Kier molecular flexibility index (Phi) is 7.58. The zero-order valence-electron chi connectivity index (χ0n) is 14.5. The van der Waals surface area contributed by atoms with Crippen molar-refractivity contribution < 1.29 is 19.1 Å². The number of esters is 1. The highest BCUT2D eigenvalue weighted by Gasteiger charge is 2.38. The lowest BCUT2D eigenvalue weighted by atomic mass is 9.96. The van der Waals surface area contributed by atoms with Crippen LogP contribution in [0.4, 0.5) is 4.79 Å². The lowest BCUT2D eigenvalue weighted by molar-refractivity contribution is -0.148. The van der Waals surface area contributed by atoms with Crippen molar-refractivity contribution in [3.05, 3.63) is 53.8 Å². The van der Waals surface area contributed by atoms with Crippen LogP contribution in [-0.2, 0) is 14.3 Å². The molecular weight excluding hydrogens is 377 g/mol. The van der Waals surface area contributed by atoms with Gasteiger partial charge >= 0.3 is 12.1 Å². The molecule has 3 atom stereocenters. The number of alkyl halides is 2. The Balaban J connectivity index is 2.08. The Morgan fingerprint density at radius 1 is 1.35 bits per heavy atom. The normalized spacial score (nSPS) is 19.3. The molecule has 2 unspecified atom stereocenters. The van der Waals surface area contributed by atoms with Gasteiger partial charge in [-0.05, 0) is 25.3 Å². The number of hydrogen-bond acceptors (Lipinski definition) is 4. The number of benzene rings is 1. The van der Waals surface area contributed by atoms with Crippen LogP contribution in [0.3, 0.4) is 0 Å². The van der Waals surface area contributed by atoms with Crippen LogP contribution in [0.5, 0.6) is 0 Å². The van der Waals surface area contributed by atoms with Gasteiger partial charge in [0, 0.05) is 12.1 Å². The third-order valence-corrected chi connectivity index (χ3v) is 4.44. The molecule has 1 heterocycles. The van der Waals surface area contributed by atoms with E-state index in [1.807, 2.05) is 30.3 Å². The van der Waals surface area contributed by atoms with Crippen molar-refractivity contribution in [1.82, 2.24) is 4.90 Å². The summed E-state index contributed by atoms with van der Waals surface area (Å²) in [6, 6.07) is 8.38. The maximum atomic E-state index is 12.7. The quantitative estimate of drug-likeness (QED) is 0.419. The van der Waals surface area contributed by atoms with Crippen LogP contribution in [0.1, 0.15) is 30.7 Å². The van der Waals surface area contributed by atoms with E-state index in [0.29, 0.717) is 25.0 Å². The van der Waals surface area contributed by atoms with Crippen molar-refractivity contribution in [2.75, 3.05) is 13.2 Å². The summed E-state index contributed by atoms with van der Waals surface area (Å²) in [5.74, 6) is -0.586. The van der Waals surface area contributed by atoms with Gasteiger partial charge in [-0.15, -0.1) is 17.3 Å². The van der Waals surface area contributed by atoms with Crippen LogP contribution in [0.2, 0.25) is 0 Å². The van der Waals surface area contributed by atoms with E-state index >= 15 is 0 Å².